The molecule has 0 fully saturated rings. The zero-order chi connectivity index (χ0) is 13.5. The van der Waals surface area contributed by atoms with Gasteiger partial charge in [0.2, 0.25) is 0 Å². The Balaban J connectivity index is 2.65. The van der Waals surface area contributed by atoms with E-state index in [0.29, 0.717) is 16.7 Å². The lowest BCUT2D eigenvalue weighted by Crippen LogP contribution is -2.45. The first-order chi connectivity index (χ1) is 8.30. The van der Waals surface area contributed by atoms with Gasteiger partial charge in [-0.15, -0.1) is 0 Å². The maximum Gasteiger partial charge on any atom is 0.412 e. The second-order valence-corrected chi connectivity index (χ2v) is 5.01. The second kappa shape index (κ2) is 3.97. The van der Waals surface area contributed by atoms with Gasteiger partial charge in [-0.05, 0) is 26.8 Å². The summed E-state index contributed by atoms with van der Waals surface area (Å²) in [4.78, 5) is 19.3. The summed E-state index contributed by atoms with van der Waals surface area (Å²) in [5, 5.41) is 9.76. The number of hydrogen-bond donors (Lipinski definition) is 2. The van der Waals surface area contributed by atoms with E-state index in [1.165, 1.54) is 17.2 Å². The molecule has 0 bridgehead atoms. The molecule has 2 aromatic rings. The summed E-state index contributed by atoms with van der Waals surface area (Å²) in [7, 11) is 0. The van der Waals surface area contributed by atoms with Crippen molar-refractivity contribution in [3.05, 3.63) is 24.3 Å². The zero-order valence-corrected chi connectivity index (χ0v) is 10.4. The third kappa shape index (κ3) is 2.01. The number of H-pyrrole nitrogens is 1. The summed E-state index contributed by atoms with van der Waals surface area (Å²) >= 11 is 0. The number of hydrogen-bond acceptors (Lipinski definition) is 2. The molecule has 0 aliphatic heterocycles. The van der Waals surface area contributed by atoms with Crippen LogP contribution in [0, 0.1) is 5.82 Å². The molecule has 0 spiro atoms. The van der Waals surface area contributed by atoms with Crippen LogP contribution >= 0.6 is 0 Å². The molecule has 2 heterocycles. The molecule has 18 heavy (non-hydrogen) atoms. The third-order valence-electron chi connectivity index (χ3n) is 2.58. The van der Waals surface area contributed by atoms with Gasteiger partial charge < -0.3 is 10.1 Å². The molecular formula is C12H14FN3O2. The standard InChI is InChI=1S/C12H14FN3O2/c1-12(2,3)16(11(17)18)9-6-15-10-8(9)4-7(13)5-14-10/h4-6H,1-3H3,(H,14,15)(H,17,18). The molecule has 6 heteroatoms. The SMILES string of the molecule is CC(C)(C)N(C(=O)O)c1c[nH]c2ncc(F)cc12. The second-order valence-electron chi connectivity index (χ2n) is 5.01. The Kier molecular flexibility index (Phi) is 2.73. The number of anilines is 1. The highest BCUT2D eigenvalue weighted by atomic mass is 19.1. The number of amides is 1. The van der Waals surface area contributed by atoms with E-state index in [1.807, 2.05) is 0 Å². The Labute approximate surface area is 103 Å². The van der Waals surface area contributed by atoms with Gasteiger partial charge in [-0.25, -0.2) is 14.2 Å². The summed E-state index contributed by atoms with van der Waals surface area (Å²) in [5.41, 5.74) is 0.228. The number of halogens is 1. The molecule has 2 rings (SSSR count). The number of nitrogens with one attached hydrogen (secondary N) is 1. The van der Waals surface area contributed by atoms with Crippen LogP contribution in [0.15, 0.2) is 18.5 Å². The third-order valence-corrected chi connectivity index (χ3v) is 2.58. The monoisotopic (exact) mass is 251 g/mol. The summed E-state index contributed by atoms with van der Waals surface area (Å²) in [6.45, 7) is 5.31. The number of fused-ring (bicyclic) bond motifs is 1. The minimum absolute atomic E-state index is 0.400. The Morgan fingerprint density at radius 3 is 2.72 bits per heavy atom. The lowest BCUT2D eigenvalue weighted by molar-refractivity contribution is 0.196. The van der Waals surface area contributed by atoms with Gasteiger partial charge in [0.25, 0.3) is 0 Å². The summed E-state index contributed by atoms with van der Waals surface area (Å²) in [5.74, 6) is -0.498. The van der Waals surface area contributed by atoms with Gasteiger partial charge in [0.1, 0.15) is 11.5 Å². The number of carbonyl (C=O) groups is 1. The van der Waals surface area contributed by atoms with E-state index in [1.54, 1.807) is 20.8 Å². The Hall–Kier alpha value is -2.11. The average molecular weight is 251 g/mol. The number of aromatic nitrogens is 2. The van der Waals surface area contributed by atoms with Crippen LogP contribution < -0.4 is 4.90 Å². The lowest BCUT2D eigenvalue weighted by atomic mass is 10.1. The molecule has 0 atom stereocenters. The quantitative estimate of drug-likeness (QED) is 0.818. The highest BCUT2D eigenvalue weighted by molar-refractivity contribution is 6.00. The Bertz CT molecular complexity index is 601. The number of nitrogens with zero attached hydrogens (tertiary/aromatic N) is 2. The highest BCUT2D eigenvalue weighted by Crippen LogP contribution is 2.31. The van der Waals surface area contributed by atoms with Crippen molar-refractivity contribution in [3.63, 3.8) is 0 Å². The van der Waals surface area contributed by atoms with Crippen molar-refractivity contribution in [3.8, 4) is 0 Å². The molecule has 0 saturated heterocycles. The Morgan fingerprint density at radius 2 is 2.17 bits per heavy atom. The van der Waals surface area contributed by atoms with Crippen LogP contribution in [0.5, 0.6) is 0 Å². The first-order valence-electron chi connectivity index (χ1n) is 5.46. The number of pyridine rings is 1. The first-order valence-corrected chi connectivity index (χ1v) is 5.46. The molecule has 2 aromatic heterocycles. The molecule has 0 unspecified atom stereocenters. The van der Waals surface area contributed by atoms with Gasteiger partial charge in [-0.1, -0.05) is 0 Å². The minimum Gasteiger partial charge on any atom is -0.465 e. The maximum absolute atomic E-state index is 13.2. The smallest absolute Gasteiger partial charge is 0.412 e. The summed E-state index contributed by atoms with van der Waals surface area (Å²) < 4.78 is 13.2. The van der Waals surface area contributed by atoms with Crippen molar-refractivity contribution in [2.75, 3.05) is 4.90 Å². The fourth-order valence-corrected chi connectivity index (χ4v) is 1.90. The molecule has 5 nitrogen and oxygen atoms in total. The minimum atomic E-state index is -1.09. The molecule has 0 aromatic carbocycles. The maximum atomic E-state index is 13.2. The van der Waals surface area contributed by atoms with Gasteiger partial charge in [-0.3, -0.25) is 4.90 Å². The van der Waals surface area contributed by atoms with E-state index < -0.39 is 17.4 Å². The normalized spacial score (nSPS) is 11.8. The van der Waals surface area contributed by atoms with Gasteiger partial charge in [0.15, 0.2) is 0 Å². The number of aromatic amines is 1. The van der Waals surface area contributed by atoms with E-state index in [-0.39, 0.29) is 0 Å². The predicted molar refractivity (Wildman–Crippen MR) is 66.3 cm³/mol. The van der Waals surface area contributed by atoms with Crippen LogP contribution in [-0.4, -0.2) is 26.7 Å². The molecular weight excluding hydrogens is 237 g/mol. The van der Waals surface area contributed by atoms with Gasteiger partial charge in [0, 0.05) is 17.1 Å². The molecule has 0 radical (unpaired) electrons. The van der Waals surface area contributed by atoms with Crippen molar-refractivity contribution in [1.82, 2.24) is 9.97 Å². The fourth-order valence-electron chi connectivity index (χ4n) is 1.90. The molecule has 0 aliphatic carbocycles. The van der Waals surface area contributed by atoms with Crippen molar-refractivity contribution >= 4 is 22.8 Å². The highest BCUT2D eigenvalue weighted by Gasteiger charge is 2.30. The predicted octanol–water partition coefficient (Wildman–Crippen LogP) is 2.98. The molecule has 0 aliphatic rings. The van der Waals surface area contributed by atoms with Crippen molar-refractivity contribution in [1.29, 1.82) is 0 Å². The van der Waals surface area contributed by atoms with Crippen molar-refractivity contribution in [2.45, 2.75) is 26.3 Å². The average Bonchev–Trinajstić information content (AvgIpc) is 2.59. The number of carboxylic acid groups (broad SMARTS) is 1. The fraction of sp³-hybridized carbons (Fsp3) is 0.333. The number of rotatable bonds is 1. The van der Waals surface area contributed by atoms with Gasteiger partial charge in [0.05, 0.1) is 11.9 Å². The van der Waals surface area contributed by atoms with Crippen LogP contribution in [0.2, 0.25) is 0 Å². The molecule has 96 valence electrons. The molecule has 0 saturated carbocycles. The summed E-state index contributed by atoms with van der Waals surface area (Å²) in [6.07, 6.45) is 1.52. The van der Waals surface area contributed by atoms with Gasteiger partial charge >= 0.3 is 6.09 Å². The molecule has 2 N–H and O–H groups in total. The van der Waals surface area contributed by atoms with Crippen LogP contribution in [-0.2, 0) is 0 Å². The van der Waals surface area contributed by atoms with Crippen LogP contribution in [0.25, 0.3) is 11.0 Å². The topological polar surface area (TPSA) is 69.2 Å². The lowest BCUT2D eigenvalue weighted by Gasteiger charge is -2.32. The molecule has 1 amide bonds. The van der Waals surface area contributed by atoms with Crippen molar-refractivity contribution < 1.29 is 14.3 Å². The van der Waals surface area contributed by atoms with E-state index in [0.717, 1.165) is 6.20 Å². The van der Waals surface area contributed by atoms with E-state index >= 15 is 0 Å². The van der Waals surface area contributed by atoms with E-state index in [9.17, 15) is 14.3 Å². The summed E-state index contributed by atoms with van der Waals surface area (Å²) in [6, 6.07) is 1.27. The van der Waals surface area contributed by atoms with Gasteiger partial charge in [-0.2, -0.15) is 0 Å². The Morgan fingerprint density at radius 1 is 1.50 bits per heavy atom. The zero-order valence-electron chi connectivity index (χ0n) is 10.4. The van der Waals surface area contributed by atoms with Crippen LogP contribution in [0.4, 0.5) is 14.9 Å². The van der Waals surface area contributed by atoms with E-state index in [4.69, 9.17) is 0 Å². The largest absolute Gasteiger partial charge is 0.465 e. The van der Waals surface area contributed by atoms with Crippen molar-refractivity contribution in [2.24, 2.45) is 0 Å². The van der Waals surface area contributed by atoms with Crippen LogP contribution in [0.3, 0.4) is 0 Å². The van der Waals surface area contributed by atoms with E-state index in [2.05, 4.69) is 9.97 Å². The van der Waals surface area contributed by atoms with Crippen LogP contribution in [0.1, 0.15) is 20.8 Å². The first kappa shape index (κ1) is 12.3.